The molecule has 108 valence electrons. The molecule has 0 bridgehead atoms. The summed E-state index contributed by atoms with van der Waals surface area (Å²) in [6.07, 6.45) is 18.7. The average Bonchev–Trinajstić information content (AvgIpc) is 2.40. The molecule has 0 saturated heterocycles. The molecule has 0 aliphatic heterocycles. The summed E-state index contributed by atoms with van der Waals surface area (Å²) in [5.74, 6) is 0. The summed E-state index contributed by atoms with van der Waals surface area (Å²) in [5.41, 5.74) is 0. The van der Waals surface area contributed by atoms with Gasteiger partial charge in [-0.2, -0.15) is 0 Å². The van der Waals surface area contributed by atoms with Crippen molar-refractivity contribution in [2.75, 3.05) is 13.1 Å². The lowest BCUT2D eigenvalue weighted by Gasteiger charge is -2.14. The molecule has 0 aliphatic carbocycles. The van der Waals surface area contributed by atoms with Crippen molar-refractivity contribution in [3.63, 3.8) is 0 Å². The van der Waals surface area contributed by atoms with Crippen molar-refractivity contribution in [3.8, 4) is 0 Å². The molecule has 0 aliphatic rings. The molecular weight excluding hydrogens is 218 g/mol. The Labute approximate surface area is 116 Å². The first-order valence-corrected chi connectivity index (χ1v) is 8.25. The molecule has 1 heteroatoms. The highest BCUT2D eigenvalue weighted by Crippen LogP contribution is 2.10. The smallest absolute Gasteiger partial charge is 0.0143 e. The van der Waals surface area contributed by atoms with Gasteiger partial charge in [-0.05, 0) is 32.9 Å². The van der Waals surface area contributed by atoms with E-state index in [1.54, 1.807) is 0 Å². The summed E-state index contributed by atoms with van der Waals surface area (Å²) in [6, 6.07) is 0. The molecule has 0 unspecified atom stereocenters. The van der Waals surface area contributed by atoms with Crippen LogP contribution in [0, 0.1) is 0 Å². The average molecular weight is 253 g/mol. The fourth-order valence-corrected chi connectivity index (χ4v) is 2.23. The number of hydrogen-bond acceptors (Lipinski definition) is 1. The van der Waals surface area contributed by atoms with Gasteiger partial charge in [-0.15, -0.1) is 0 Å². The highest BCUT2D eigenvalue weighted by atomic mass is 15.1. The van der Waals surface area contributed by atoms with Crippen LogP contribution in [-0.2, 0) is 0 Å². The minimum Gasteiger partial charge on any atom is -0.378 e. The van der Waals surface area contributed by atoms with Gasteiger partial charge in [0.25, 0.3) is 0 Å². The maximum Gasteiger partial charge on any atom is 0.0143 e. The van der Waals surface area contributed by atoms with Crippen LogP contribution in [0.2, 0.25) is 0 Å². The van der Waals surface area contributed by atoms with E-state index < -0.39 is 0 Å². The quantitative estimate of drug-likeness (QED) is 0.377. The number of unbranched alkanes of at least 4 members (excludes halogenated alkanes) is 9. The Balaban J connectivity index is 3.16. The Hall–Kier alpha value is -0.460. The maximum absolute atomic E-state index is 2.35. The Morgan fingerprint density at radius 2 is 1.17 bits per heavy atom. The molecule has 0 atom stereocenters. The normalized spacial score (nSPS) is 11.3. The second kappa shape index (κ2) is 14.6. The van der Waals surface area contributed by atoms with Gasteiger partial charge in [-0.1, -0.05) is 64.4 Å². The minimum absolute atomic E-state index is 1.13. The zero-order valence-corrected chi connectivity index (χ0v) is 13.1. The van der Waals surface area contributed by atoms with Crippen LogP contribution in [0.3, 0.4) is 0 Å². The zero-order valence-electron chi connectivity index (χ0n) is 13.1. The molecule has 0 heterocycles. The van der Waals surface area contributed by atoms with Crippen molar-refractivity contribution in [2.24, 2.45) is 0 Å². The molecule has 0 aromatic carbocycles. The molecule has 1 nitrogen and oxygen atoms in total. The standard InChI is InChI=1S/C17H35N/c1-4-7-8-9-10-11-12-13-14-15-16-17-18(5-2)6-3/h16-17H,4-15H2,1-3H3. The van der Waals surface area contributed by atoms with Crippen LogP contribution in [0.1, 0.15) is 85.0 Å². The molecule has 0 aromatic heterocycles. The Bertz CT molecular complexity index is 170. The van der Waals surface area contributed by atoms with Crippen LogP contribution >= 0.6 is 0 Å². The third kappa shape index (κ3) is 12.0. The third-order valence-corrected chi connectivity index (χ3v) is 3.60. The highest BCUT2D eigenvalue weighted by molar-refractivity contribution is 4.81. The molecule has 0 amide bonds. The highest BCUT2D eigenvalue weighted by Gasteiger charge is 1.92. The third-order valence-electron chi connectivity index (χ3n) is 3.60. The SMILES string of the molecule is CCCCCCCCCCCC=CN(CC)CC. The van der Waals surface area contributed by atoms with Crippen LogP contribution in [-0.4, -0.2) is 18.0 Å². The number of hydrogen-bond donors (Lipinski definition) is 0. The predicted molar refractivity (Wildman–Crippen MR) is 83.9 cm³/mol. The summed E-state index contributed by atoms with van der Waals surface area (Å²) in [7, 11) is 0. The van der Waals surface area contributed by atoms with Crippen molar-refractivity contribution in [1.82, 2.24) is 4.90 Å². The van der Waals surface area contributed by atoms with E-state index in [1.807, 2.05) is 0 Å². The van der Waals surface area contributed by atoms with E-state index in [2.05, 4.69) is 37.9 Å². The first-order chi connectivity index (χ1) is 8.85. The van der Waals surface area contributed by atoms with Crippen LogP contribution in [0.4, 0.5) is 0 Å². The molecule has 0 saturated carbocycles. The van der Waals surface area contributed by atoms with Gasteiger partial charge in [0.15, 0.2) is 0 Å². The minimum atomic E-state index is 1.13. The molecule has 0 spiro atoms. The lowest BCUT2D eigenvalue weighted by atomic mass is 10.1. The van der Waals surface area contributed by atoms with Gasteiger partial charge in [-0.25, -0.2) is 0 Å². The van der Waals surface area contributed by atoms with Crippen LogP contribution in [0.15, 0.2) is 12.3 Å². The monoisotopic (exact) mass is 253 g/mol. The van der Waals surface area contributed by atoms with Gasteiger partial charge >= 0.3 is 0 Å². The van der Waals surface area contributed by atoms with Gasteiger partial charge in [0.1, 0.15) is 0 Å². The summed E-state index contributed by atoms with van der Waals surface area (Å²) in [5, 5.41) is 0. The van der Waals surface area contributed by atoms with Gasteiger partial charge in [0, 0.05) is 13.1 Å². The number of nitrogens with zero attached hydrogens (tertiary/aromatic N) is 1. The number of rotatable bonds is 13. The lowest BCUT2D eigenvalue weighted by molar-refractivity contribution is 0.417. The zero-order chi connectivity index (χ0) is 13.5. The van der Waals surface area contributed by atoms with E-state index >= 15 is 0 Å². The topological polar surface area (TPSA) is 3.24 Å². The van der Waals surface area contributed by atoms with Crippen molar-refractivity contribution in [2.45, 2.75) is 85.0 Å². The van der Waals surface area contributed by atoms with Crippen LogP contribution < -0.4 is 0 Å². The summed E-state index contributed by atoms with van der Waals surface area (Å²) in [6.45, 7) is 8.97. The van der Waals surface area contributed by atoms with Crippen molar-refractivity contribution < 1.29 is 0 Å². The first kappa shape index (κ1) is 17.5. The van der Waals surface area contributed by atoms with E-state index in [4.69, 9.17) is 0 Å². The predicted octanol–water partition coefficient (Wildman–Crippen LogP) is 5.76. The largest absolute Gasteiger partial charge is 0.378 e. The Morgan fingerprint density at radius 1 is 0.667 bits per heavy atom. The number of allylic oxidation sites excluding steroid dienone is 1. The molecule has 0 radical (unpaired) electrons. The molecule has 0 N–H and O–H groups in total. The van der Waals surface area contributed by atoms with Crippen LogP contribution in [0.25, 0.3) is 0 Å². The van der Waals surface area contributed by atoms with Crippen molar-refractivity contribution in [3.05, 3.63) is 12.3 Å². The second-order valence-electron chi connectivity index (χ2n) is 5.22. The molecule has 0 aromatic rings. The Morgan fingerprint density at radius 3 is 1.67 bits per heavy atom. The van der Waals surface area contributed by atoms with E-state index in [0.717, 1.165) is 13.1 Å². The van der Waals surface area contributed by atoms with Crippen molar-refractivity contribution >= 4 is 0 Å². The van der Waals surface area contributed by atoms with E-state index in [9.17, 15) is 0 Å². The fraction of sp³-hybridized carbons (Fsp3) is 0.882. The van der Waals surface area contributed by atoms with Gasteiger partial charge in [-0.3, -0.25) is 0 Å². The molecule has 0 rings (SSSR count). The van der Waals surface area contributed by atoms with E-state index in [1.165, 1.54) is 64.2 Å². The van der Waals surface area contributed by atoms with Gasteiger partial charge < -0.3 is 4.90 Å². The van der Waals surface area contributed by atoms with Gasteiger partial charge in [0.2, 0.25) is 0 Å². The van der Waals surface area contributed by atoms with E-state index in [-0.39, 0.29) is 0 Å². The first-order valence-electron chi connectivity index (χ1n) is 8.25. The van der Waals surface area contributed by atoms with Crippen molar-refractivity contribution in [1.29, 1.82) is 0 Å². The maximum atomic E-state index is 2.35. The second-order valence-corrected chi connectivity index (χ2v) is 5.22. The summed E-state index contributed by atoms with van der Waals surface area (Å²) < 4.78 is 0. The van der Waals surface area contributed by atoms with Crippen LogP contribution in [0.5, 0.6) is 0 Å². The lowest BCUT2D eigenvalue weighted by Crippen LogP contribution is -2.14. The molecular formula is C17H35N. The summed E-state index contributed by atoms with van der Waals surface area (Å²) in [4.78, 5) is 2.35. The molecule has 18 heavy (non-hydrogen) atoms. The summed E-state index contributed by atoms with van der Waals surface area (Å²) >= 11 is 0. The van der Waals surface area contributed by atoms with Gasteiger partial charge in [0.05, 0.1) is 0 Å². The fourth-order valence-electron chi connectivity index (χ4n) is 2.23. The Kier molecular flexibility index (Phi) is 14.2. The van der Waals surface area contributed by atoms with E-state index in [0.29, 0.717) is 0 Å². The molecule has 0 fully saturated rings.